The van der Waals surface area contributed by atoms with Gasteiger partial charge in [-0.15, -0.1) is 0 Å². The molecule has 1 aliphatic heterocycles. The summed E-state index contributed by atoms with van der Waals surface area (Å²) in [6, 6.07) is 0.142. The molecule has 3 nitrogen and oxygen atoms in total. The van der Waals surface area contributed by atoms with Gasteiger partial charge in [0.25, 0.3) is 0 Å². The topological polar surface area (TPSA) is 53.1 Å². The molecule has 0 aromatic heterocycles. The van der Waals surface area contributed by atoms with Crippen LogP contribution in [-0.4, -0.2) is 29.9 Å². The normalized spacial score (nSPS) is 23.1. The molecule has 0 aliphatic carbocycles. The summed E-state index contributed by atoms with van der Waals surface area (Å²) in [6.07, 6.45) is 5.19. The summed E-state index contributed by atoms with van der Waals surface area (Å²) in [5.41, 5.74) is 5.46. The Morgan fingerprint density at radius 3 is 2.17 bits per heavy atom. The average molecular weight is 169 g/mol. The van der Waals surface area contributed by atoms with Gasteiger partial charge in [-0.25, -0.2) is 0 Å². The SMILES string of the molecule is CC(C(=N)N)N1CCCCCC1. The minimum absolute atomic E-state index is 0.142. The van der Waals surface area contributed by atoms with Crippen LogP contribution in [0.25, 0.3) is 0 Å². The van der Waals surface area contributed by atoms with Gasteiger partial charge in [0.2, 0.25) is 0 Å². The van der Waals surface area contributed by atoms with E-state index in [9.17, 15) is 0 Å². The molecule has 0 bridgehead atoms. The predicted molar refractivity (Wildman–Crippen MR) is 51.4 cm³/mol. The van der Waals surface area contributed by atoms with Crippen molar-refractivity contribution in [3.05, 3.63) is 0 Å². The number of nitrogens with zero attached hydrogens (tertiary/aromatic N) is 1. The quantitative estimate of drug-likeness (QED) is 0.482. The van der Waals surface area contributed by atoms with Gasteiger partial charge in [-0.3, -0.25) is 10.3 Å². The lowest BCUT2D eigenvalue weighted by Crippen LogP contribution is -2.42. The smallest absolute Gasteiger partial charge is 0.108 e. The number of likely N-dealkylation sites (tertiary alicyclic amines) is 1. The summed E-state index contributed by atoms with van der Waals surface area (Å²) in [6.45, 7) is 4.25. The molecule has 1 unspecified atom stereocenters. The van der Waals surface area contributed by atoms with Gasteiger partial charge in [-0.05, 0) is 32.9 Å². The van der Waals surface area contributed by atoms with Crippen LogP contribution in [0, 0.1) is 5.41 Å². The Morgan fingerprint density at radius 1 is 1.25 bits per heavy atom. The molecule has 0 aromatic carbocycles. The number of hydrogen-bond donors (Lipinski definition) is 2. The van der Waals surface area contributed by atoms with Gasteiger partial charge >= 0.3 is 0 Å². The van der Waals surface area contributed by atoms with Crippen LogP contribution < -0.4 is 5.73 Å². The molecule has 70 valence electrons. The van der Waals surface area contributed by atoms with Gasteiger partial charge in [0.1, 0.15) is 5.84 Å². The first-order chi connectivity index (χ1) is 5.72. The van der Waals surface area contributed by atoms with Crippen LogP contribution in [0.15, 0.2) is 0 Å². The number of amidine groups is 1. The summed E-state index contributed by atoms with van der Waals surface area (Å²) in [4.78, 5) is 2.31. The zero-order valence-electron chi connectivity index (χ0n) is 7.84. The average Bonchev–Trinajstić information content (AvgIpc) is 2.30. The molecule has 0 amide bonds. The van der Waals surface area contributed by atoms with Crippen LogP contribution in [0.2, 0.25) is 0 Å². The summed E-state index contributed by atoms with van der Waals surface area (Å²) in [7, 11) is 0. The van der Waals surface area contributed by atoms with E-state index in [0.29, 0.717) is 5.84 Å². The van der Waals surface area contributed by atoms with Gasteiger partial charge in [-0.2, -0.15) is 0 Å². The Hall–Kier alpha value is -0.570. The van der Waals surface area contributed by atoms with E-state index < -0.39 is 0 Å². The molecular weight excluding hydrogens is 150 g/mol. The van der Waals surface area contributed by atoms with Crippen molar-refractivity contribution in [3.63, 3.8) is 0 Å². The molecule has 1 aliphatic rings. The van der Waals surface area contributed by atoms with E-state index in [0.717, 1.165) is 13.1 Å². The third-order valence-corrected chi connectivity index (χ3v) is 2.64. The van der Waals surface area contributed by atoms with Crippen molar-refractivity contribution in [2.75, 3.05) is 13.1 Å². The fourth-order valence-electron chi connectivity index (χ4n) is 1.68. The van der Waals surface area contributed by atoms with Crippen molar-refractivity contribution < 1.29 is 0 Å². The molecule has 3 N–H and O–H groups in total. The maximum atomic E-state index is 7.34. The van der Waals surface area contributed by atoms with Crippen LogP contribution >= 0.6 is 0 Å². The molecular formula is C9H19N3. The summed E-state index contributed by atoms with van der Waals surface area (Å²) in [5.74, 6) is 0.303. The van der Waals surface area contributed by atoms with Crippen LogP contribution in [0.1, 0.15) is 32.6 Å². The zero-order valence-corrected chi connectivity index (χ0v) is 7.84. The molecule has 12 heavy (non-hydrogen) atoms. The van der Waals surface area contributed by atoms with Crippen molar-refractivity contribution in [2.24, 2.45) is 5.73 Å². The lowest BCUT2D eigenvalue weighted by Gasteiger charge is -2.26. The lowest BCUT2D eigenvalue weighted by atomic mass is 10.2. The molecule has 0 spiro atoms. The first-order valence-corrected chi connectivity index (χ1v) is 4.80. The Morgan fingerprint density at radius 2 is 1.75 bits per heavy atom. The van der Waals surface area contributed by atoms with E-state index in [-0.39, 0.29) is 6.04 Å². The summed E-state index contributed by atoms with van der Waals surface area (Å²) >= 11 is 0. The Balaban J connectivity index is 2.42. The minimum atomic E-state index is 0.142. The van der Waals surface area contributed by atoms with Gasteiger partial charge in [-0.1, -0.05) is 12.8 Å². The summed E-state index contributed by atoms with van der Waals surface area (Å²) in [5, 5.41) is 7.34. The maximum absolute atomic E-state index is 7.34. The van der Waals surface area contributed by atoms with Crippen LogP contribution in [0.5, 0.6) is 0 Å². The van der Waals surface area contributed by atoms with Gasteiger partial charge in [0.15, 0.2) is 0 Å². The highest BCUT2D eigenvalue weighted by atomic mass is 15.2. The second-order valence-electron chi connectivity index (χ2n) is 3.58. The van der Waals surface area contributed by atoms with Crippen molar-refractivity contribution in [1.82, 2.24) is 4.90 Å². The largest absolute Gasteiger partial charge is 0.386 e. The molecule has 1 fully saturated rings. The highest BCUT2D eigenvalue weighted by Gasteiger charge is 2.16. The summed E-state index contributed by atoms with van der Waals surface area (Å²) < 4.78 is 0. The van der Waals surface area contributed by atoms with Gasteiger partial charge < -0.3 is 5.73 Å². The zero-order chi connectivity index (χ0) is 8.97. The monoisotopic (exact) mass is 169 g/mol. The minimum Gasteiger partial charge on any atom is -0.386 e. The number of hydrogen-bond acceptors (Lipinski definition) is 2. The Bertz CT molecular complexity index is 148. The molecule has 3 heteroatoms. The molecule has 1 saturated heterocycles. The van der Waals surface area contributed by atoms with E-state index in [1.54, 1.807) is 0 Å². The van der Waals surface area contributed by atoms with Crippen LogP contribution in [0.4, 0.5) is 0 Å². The first-order valence-electron chi connectivity index (χ1n) is 4.80. The van der Waals surface area contributed by atoms with Crippen molar-refractivity contribution in [2.45, 2.75) is 38.6 Å². The number of nitrogens with two attached hydrogens (primary N) is 1. The third kappa shape index (κ3) is 2.48. The molecule has 0 saturated carbocycles. The lowest BCUT2D eigenvalue weighted by molar-refractivity contribution is 0.262. The van der Waals surface area contributed by atoms with Gasteiger partial charge in [0.05, 0.1) is 6.04 Å². The van der Waals surface area contributed by atoms with Crippen molar-refractivity contribution in [3.8, 4) is 0 Å². The predicted octanol–water partition coefficient (Wildman–Crippen LogP) is 1.19. The molecule has 1 heterocycles. The maximum Gasteiger partial charge on any atom is 0.108 e. The Labute approximate surface area is 74.4 Å². The van der Waals surface area contributed by atoms with Crippen molar-refractivity contribution >= 4 is 5.84 Å². The third-order valence-electron chi connectivity index (χ3n) is 2.64. The second kappa shape index (κ2) is 4.45. The van der Waals surface area contributed by atoms with Gasteiger partial charge in [0, 0.05) is 0 Å². The highest BCUT2D eigenvalue weighted by Crippen LogP contribution is 2.11. The van der Waals surface area contributed by atoms with Crippen LogP contribution in [-0.2, 0) is 0 Å². The first kappa shape index (κ1) is 9.52. The van der Waals surface area contributed by atoms with E-state index >= 15 is 0 Å². The number of rotatable bonds is 2. The molecule has 1 rings (SSSR count). The van der Waals surface area contributed by atoms with E-state index in [1.165, 1.54) is 25.7 Å². The van der Waals surface area contributed by atoms with E-state index in [4.69, 9.17) is 11.1 Å². The molecule has 0 aromatic rings. The Kier molecular flexibility index (Phi) is 3.53. The second-order valence-corrected chi connectivity index (χ2v) is 3.58. The number of nitrogens with one attached hydrogen (secondary N) is 1. The molecule has 1 atom stereocenters. The van der Waals surface area contributed by atoms with E-state index in [1.807, 2.05) is 6.92 Å². The fourth-order valence-corrected chi connectivity index (χ4v) is 1.68. The standard InChI is InChI=1S/C9H19N3/c1-8(9(10)11)12-6-4-2-3-5-7-12/h8H,2-7H2,1H3,(H3,10,11). The van der Waals surface area contributed by atoms with Crippen molar-refractivity contribution in [1.29, 1.82) is 5.41 Å². The molecule has 0 radical (unpaired) electrons. The van der Waals surface area contributed by atoms with E-state index in [2.05, 4.69) is 4.90 Å². The fraction of sp³-hybridized carbons (Fsp3) is 0.889. The van der Waals surface area contributed by atoms with Crippen LogP contribution in [0.3, 0.4) is 0 Å². The highest BCUT2D eigenvalue weighted by molar-refractivity contribution is 5.82.